The van der Waals surface area contributed by atoms with E-state index in [0.717, 1.165) is 0 Å². The smallest absolute Gasteiger partial charge is 0.402 e. The number of hydrogen-bond acceptors (Lipinski definition) is 12. The standard InChI is InChI=1S/4BH3O3.ClH/c4*2-1(3)4;/h4*2-4H;1H. The minimum atomic E-state index is -2.17. The molecule has 0 saturated heterocycles. The molecule has 0 heterocycles. The Morgan fingerprint density at radius 3 is 0.294 bits per heavy atom. The van der Waals surface area contributed by atoms with E-state index in [9.17, 15) is 0 Å². The minimum absolute atomic E-state index is 0. The molecular weight excluding hydrogens is 271 g/mol. The van der Waals surface area contributed by atoms with Gasteiger partial charge in [0.2, 0.25) is 0 Å². The summed E-state index contributed by atoms with van der Waals surface area (Å²) in [6.07, 6.45) is 0. The van der Waals surface area contributed by atoms with Gasteiger partial charge in [-0.2, -0.15) is 0 Å². The molecule has 0 amide bonds. The molecule has 0 aliphatic carbocycles. The van der Waals surface area contributed by atoms with Crippen molar-refractivity contribution in [2.45, 2.75) is 0 Å². The summed E-state index contributed by atoms with van der Waals surface area (Å²) in [4.78, 5) is 0. The zero-order valence-electron chi connectivity index (χ0n) is 8.08. The van der Waals surface area contributed by atoms with E-state index in [0.29, 0.717) is 0 Å². The molecular formula is H13B4ClO12. The lowest BCUT2D eigenvalue weighted by atomic mass is 10.3. The molecule has 0 aromatic carbocycles. The van der Waals surface area contributed by atoms with Crippen LogP contribution >= 0.6 is 12.4 Å². The lowest BCUT2D eigenvalue weighted by Gasteiger charge is -1.69. The molecule has 0 rings (SSSR count). The van der Waals surface area contributed by atoms with Crippen LogP contribution in [-0.4, -0.2) is 89.6 Å². The van der Waals surface area contributed by atoms with Crippen molar-refractivity contribution >= 4 is 41.7 Å². The molecule has 0 aliphatic heterocycles. The van der Waals surface area contributed by atoms with Gasteiger partial charge in [0.25, 0.3) is 0 Å². The maximum absolute atomic E-state index is 7.17. The molecule has 0 aliphatic rings. The fraction of sp³-hybridized carbons (Fsp3) is 0. The molecule has 12 N–H and O–H groups in total. The third-order valence-electron chi connectivity index (χ3n) is 0. The van der Waals surface area contributed by atoms with E-state index in [1.165, 1.54) is 0 Å². The van der Waals surface area contributed by atoms with Gasteiger partial charge in [0.1, 0.15) is 0 Å². The first-order valence-corrected chi connectivity index (χ1v) is 3.10. The molecule has 104 valence electrons. The molecule has 0 unspecified atom stereocenters. The Balaban J connectivity index is -0.0000000369. The quantitative estimate of drug-likeness (QED) is 0.185. The molecule has 0 fully saturated rings. The van der Waals surface area contributed by atoms with E-state index >= 15 is 0 Å². The van der Waals surface area contributed by atoms with Crippen LogP contribution in [0.4, 0.5) is 0 Å². The Morgan fingerprint density at radius 2 is 0.294 bits per heavy atom. The van der Waals surface area contributed by atoms with E-state index in [1.807, 2.05) is 0 Å². The summed E-state index contributed by atoms with van der Waals surface area (Å²) in [6.45, 7) is 0. The van der Waals surface area contributed by atoms with Gasteiger partial charge in [-0.15, -0.1) is 12.4 Å². The fourth-order valence-electron chi connectivity index (χ4n) is 0. The Hall–Kier alpha value is 0.0697. The molecule has 0 aromatic heterocycles. The van der Waals surface area contributed by atoms with Gasteiger partial charge < -0.3 is 60.3 Å². The molecule has 17 heavy (non-hydrogen) atoms. The van der Waals surface area contributed by atoms with Gasteiger partial charge in [-0.05, 0) is 0 Å². The summed E-state index contributed by atoms with van der Waals surface area (Å²) in [7, 11) is -8.67. The highest BCUT2D eigenvalue weighted by atomic mass is 35.5. The zero-order chi connectivity index (χ0) is 14.3. The van der Waals surface area contributed by atoms with Crippen LogP contribution < -0.4 is 0 Å². The van der Waals surface area contributed by atoms with Crippen molar-refractivity contribution in [1.82, 2.24) is 0 Å². The van der Waals surface area contributed by atoms with Crippen molar-refractivity contribution in [2.75, 3.05) is 0 Å². The number of hydrogen-bond donors (Lipinski definition) is 12. The van der Waals surface area contributed by atoms with Gasteiger partial charge >= 0.3 is 29.3 Å². The van der Waals surface area contributed by atoms with Crippen molar-refractivity contribution in [3.8, 4) is 0 Å². The van der Waals surface area contributed by atoms with E-state index in [-0.39, 0.29) is 12.4 Å². The Bertz CT molecular complexity index is 61.5. The second-order valence-electron chi connectivity index (χ2n) is 1.39. The summed E-state index contributed by atoms with van der Waals surface area (Å²) < 4.78 is 0. The average molecular weight is 284 g/mol. The van der Waals surface area contributed by atoms with Crippen LogP contribution in [0.25, 0.3) is 0 Å². The van der Waals surface area contributed by atoms with Gasteiger partial charge in [0.05, 0.1) is 0 Å². The van der Waals surface area contributed by atoms with Crippen LogP contribution in [0.1, 0.15) is 0 Å². The van der Waals surface area contributed by atoms with E-state index in [2.05, 4.69) is 0 Å². The Labute approximate surface area is 103 Å². The van der Waals surface area contributed by atoms with Crippen LogP contribution in [0.2, 0.25) is 0 Å². The minimum Gasteiger partial charge on any atom is -0.402 e. The van der Waals surface area contributed by atoms with Crippen LogP contribution in [0.15, 0.2) is 0 Å². The van der Waals surface area contributed by atoms with Gasteiger partial charge in [0.15, 0.2) is 0 Å². The largest absolute Gasteiger partial charge is 0.631 e. The average Bonchev–Trinajstić information content (AvgIpc) is 1.76. The third-order valence-corrected chi connectivity index (χ3v) is 0. The molecule has 0 saturated carbocycles. The maximum atomic E-state index is 7.17. The van der Waals surface area contributed by atoms with Crippen molar-refractivity contribution < 1.29 is 60.3 Å². The Morgan fingerprint density at radius 1 is 0.294 bits per heavy atom. The molecule has 0 aromatic rings. The first-order chi connectivity index (χ1) is 6.93. The maximum Gasteiger partial charge on any atom is 0.631 e. The van der Waals surface area contributed by atoms with Crippen molar-refractivity contribution in [1.29, 1.82) is 0 Å². The highest BCUT2D eigenvalue weighted by Crippen LogP contribution is 1.41. The van der Waals surface area contributed by atoms with E-state index in [4.69, 9.17) is 60.3 Å². The molecule has 12 nitrogen and oxygen atoms in total. The first kappa shape index (κ1) is 30.3. The van der Waals surface area contributed by atoms with Gasteiger partial charge in [-0.1, -0.05) is 0 Å². The predicted octanol–water partition coefficient (Wildman–Crippen LogP) is -7.79. The molecule has 0 radical (unpaired) electrons. The fourth-order valence-corrected chi connectivity index (χ4v) is 0. The van der Waals surface area contributed by atoms with E-state index in [1.54, 1.807) is 0 Å². The van der Waals surface area contributed by atoms with Gasteiger partial charge in [-0.25, -0.2) is 0 Å². The molecule has 0 atom stereocenters. The highest BCUT2D eigenvalue weighted by Gasteiger charge is 1.93. The summed E-state index contributed by atoms with van der Waals surface area (Å²) in [5, 5.41) is 86.0. The molecule has 17 heteroatoms. The lowest BCUT2D eigenvalue weighted by molar-refractivity contribution is 0.276. The molecule has 0 spiro atoms. The van der Waals surface area contributed by atoms with Crippen molar-refractivity contribution in [3.05, 3.63) is 0 Å². The normalized spacial score (nSPS) is 6.35. The van der Waals surface area contributed by atoms with Crippen LogP contribution in [-0.2, 0) is 0 Å². The lowest BCUT2D eigenvalue weighted by Crippen LogP contribution is -2.07. The van der Waals surface area contributed by atoms with E-state index < -0.39 is 29.3 Å². The summed E-state index contributed by atoms with van der Waals surface area (Å²) in [6, 6.07) is 0. The summed E-state index contributed by atoms with van der Waals surface area (Å²) >= 11 is 0. The predicted molar refractivity (Wildman–Crippen MR) is 56.9 cm³/mol. The summed E-state index contributed by atoms with van der Waals surface area (Å²) in [5.74, 6) is 0. The Kier molecular flexibility index (Phi) is 44.6. The second-order valence-corrected chi connectivity index (χ2v) is 1.39. The van der Waals surface area contributed by atoms with Crippen LogP contribution in [0.5, 0.6) is 0 Å². The second kappa shape index (κ2) is 25.1. The number of rotatable bonds is 0. The SMILES string of the molecule is Cl.OB(O)O.OB(O)O.OB(O)O.OB(O)O. The molecule has 0 bridgehead atoms. The topological polar surface area (TPSA) is 243 Å². The van der Waals surface area contributed by atoms with Gasteiger partial charge in [-0.3, -0.25) is 0 Å². The highest BCUT2D eigenvalue weighted by molar-refractivity contribution is 6.31. The van der Waals surface area contributed by atoms with Crippen molar-refractivity contribution in [2.24, 2.45) is 0 Å². The third kappa shape index (κ3) is 654000. The van der Waals surface area contributed by atoms with Crippen LogP contribution in [0.3, 0.4) is 0 Å². The van der Waals surface area contributed by atoms with Gasteiger partial charge in [0, 0.05) is 0 Å². The zero-order valence-corrected chi connectivity index (χ0v) is 8.90. The number of halogens is 1. The van der Waals surface area contributed by atoms with Crippen molar-refractivity contribution in [3.63, 3.8) is 0 Å². The first-order valence-electron chi connectivity index (χ1n) is 3.10. The summed E-state index contributed by atoms with van der Waals surface area (Å²) in [5.41, 5.74) is 0. The monoisotopic (exact) mass is 284 g/mol. The van der Waals surface area contributed by atoms with Crippen LogP contribution in [0, 0.1) is 0 Å².